The summed E-state index contributed by atoms with van der Waals surface area (Å²) in [6, 6.07) is 16.8. The predicted octanol–water partition coefficient (Wildman–Crippen LogP) is 3.45. The van der Waals surface area contributed by atoms with E-state index in [0.717, 1.165) is 17.5 Å². The van der Waals surface area contributed by atoms with E-state index in [4.69, 9.17) is 4.74 Å². The molecular formula is C40H60IN5O6. The lowest BCUT2D eigenvalue weighted by Crippen LogP contribution is -2.59. The van der Waals surface area contributed by atoms with Gasteiger partial charge in [-0.15, -0.1) is 0 Å². The quantitative estimate of drug-likeness (QED) is 0.0896. The Morgan fingerprint density at radius 1 is 0.808 bits per heavy atom. The maximum Gasteiger partial charge on any atom is 0.243 e. The van der Waals surface area contributed by atoms with Crippen molar-refractivity contribution in [1.82, 2.24) is 26.2 Å². The van der Waals surface area contributed by atoms with Crippen molar-refractivity contribution < 1.29 is 29.0 Å². The molecule has 0 radical (unpaired) electrons. The second-order valence-electron chi connectivity index (χ2n) is 15.0. The number of alkyl halides is 1. The van der Waals surface area contributed by atoms with E-state index in [2.05, 4.69) is 38.3 Å². The monoisotopic (exact) mass is 833 g/mol. The van der Waals surface area contributed by atoms with Crippen molar-refractivity contribution in [3.05, 3.63) is 71.8 Å². The van der Waals surface area contributed by atoms with Gasteiger partial charge in [-0.25, -0.2) is 0 Å². The molecule has 12 heteroatoms. The van der Waals surface area contributed by atoms with Crippen molar-refractivity contribution in [2.45, 2.75) is 96.5 Å². The summed E-state index contributed by atoms with van der Waals surface area (Å²) in [4.78, 5) is 56.7. The molecule has 0 aromatic heterocycles. The molecule has 1 heterocycles. The number of carbonyl (C=O) groups is 4. The van der Waals surface area contributed by atoms with Crippen LogP contribution in [0.2, 0.25) is 0 Å². The number of carbonyl (C=O) groups excluding carboxylic acids is 4. The van der Waals surface area contributed by atoms with E-state index < -0.39 is 35.4 Å². The number of aryl methyl sites for hydroxylation is 1. The molecule has 0 unspecified atom stereocenters. The molecule has 1 aliphatic rings. The average Bonchev–Trinajstić information content (AvgIpc) is 3.12. The fourth-order valence-electron chi connectivity index (χ4n) is 6.23. The lowest BCUT2D eigenvalue weighted by atomic mass is 9.91. The number of hydrogen-bond donors (Lipinski definition) is 5. The van der Waals surface area contributed by atoms with Crippen LogP contribution >= 0.6 is 22.6 Å². The highest BCUT2D eigenvalue weighted by molar-refractivity contribution is 14.1. The highest BCUT2D eigenvalue weighted by Crippen LogP contribution is 2.17. The smallest absolute Gasteiger partial charge is 0.243 e. The molecule has 3 amide bonds. The first-order valence-electron chi connectivity index (χ1n) is 18.6. The van der Waals surface area contributed by atoms with E-state index >= 15 is 0 Å². The van der Waals surface area contributed by atoms with Gasteiger partial charge in [0, 0.05) is 36.5 Å². The average molecular weight is 834 g/mol. The number of rotatable bonds is 22. The molecule has 52 heavy (non-hydrogen) atoms. The van der Waals surface area contributed by atoms with E-state index in [1.807, 2.05) is 98.8 Å². The first-order valence-corrected chi connectivity index (χ1v) is 20.1. The highest BCUT2D eigenvalue weighted by atomic mass is 127. The molecule has 3 rings (SSSR count). The van der Waals surface area contributed by atoms with Crippen LogP contribution in [-0.2, 0) is 36.8 Å². The van der Waals surface area contributed by atoms with Crippen LogP contribution in [0.25, 0.3) is 0 Å². The second kappa shape index (κ2) is 22.3. The molecule has 5 N–H and O–H groups in total. The van der Waals surface area contributed by atoms with Gasteiger partial charge in [0.05, 0.1) is 31.8 Å². The van der Waals surface area contributed by atoms with Gasteiger partial charge < -0.3 is 31.1 Å². The number of ether oxygens (including phenoxy) is 1. The number of benzene rings is 2. The Labute approximate surface area is 323 Å². The molecule has 2 aromatic carbocycles. The molecule has 1 saturated heterocycles. The summed E-state index contributed by atoms with van der Waals surface area (Å²) in [5.74, 6) is -1.11. The maximum atomic E-state index is 14.1. The second-order valence-corrected chi connectivity index (χ2v) is 15.7. The first-order chi connectivity index (χ1) is 24.8. The number of ketones is 1. The maximum absolute atomic E-state index is 14.1. The molecule has 1 aliphatic heterocycles. The zero-order valence-corrected chi connectivity index (χ0v) is 33.7. The summed E-state index contributed by atoms with van der Waals surface area (Å²) < 4.78 is 5.62. The molecular weight excluding hydrogens is 773 g/mol. The van der Waals surface area contributed by atoms with E-state index in [0.29, 0.717) is 52.1 Å². The van der Waals surface area contributed by atoms with E-state index in [1.54, 1.807) is 0 Å². The molecule has 0 saturated carbocycles. The van der Waals surface area contributed by atoms with Crippen molar-refractivity contribution in [2.24, 2.45) is 11.8 Å². The Bertz CT molecular complexity index is 1390. The number of halogens is 1. The van der Waals surface area contributed by atoms with Gasteiger partial charge in [-0.1, -0.05) is 111 Å². The Morgan fingerprint density at radius 3 is 1.92 bits per heavy atom. The number of nitrogens with zero attached hydrogens (tertiary/aromatic N) is 1. The van der Waals surface area contributed by atoms with Gasteiger partial charge in [-0.05, 0) is 55.6 Å². The van der Waals surface area contributed by atoms with Crippen molar-refractivity contribution in [3.63, 3.8) is 0 Å². The zero-order valence-electron chi connectivity index (χ0n) is 31.5. The fraction of sp³-hybridized carbons (Fsp3) is 0.600. The molecule has 0 bridgehead atoms. The lowest BCUT2D eigenvalue weighted by Gasteiger charge is -2.30. The minimum Gasteiger partial charge on any atom is -0.381 e. The third-order valence-electron chi connectivity index (χ3n) is 9.14. The number of nitrogens with one attached hydrogen (secondary N) is 4. The summed E-state index contributed by atoms with van der Waals surface area (Å²) in [6.07, 6.45) is 2.50. The van der Waals surface area contributed by atoms with Gasteiger partial charge in [0.15, 0.2) is 5.78 Å². The van der Waals surface area contributed by atoms with E-state index in [9.17, 15) is 24.3 Å². The van der Waals surface area contributed by atoms with Crippen LogP contribution in [0.1, 0.15) is 65.0 Å². The Hall–Kier alpha value is -2.91. The number of hydrogen-bond acceptors (Lipinski definition) is 8. The Morgan fingerprint density at radius 2 is 1.35 bits per heavy atom. The van der Waals surface area contributed by atoms with Gasteiger partial charge >= 0.3 is 0 Å². The van der Waals surface area contributed by atoms with Crippen LogP contribution < -0.4 is 21.3 Å². The van der Waals surface area contributed by atoms with Crippen molar-refractivity contribution >= 4 is 46.1 Å². The molecule has 0 spiro atoms. The van der Waals surface area contributed by atoms with Crippen LogP contribution in [-0.4, -0.2) is 107 Å². The third kappa shape index (κ3) is 15.6. The summed E-state index contributed by atoms with van der Waals surface area (Å²) in [5, 5.41) is 23.3. The van der Waals surface area contributed by atoms with Crippen LogP contribution in [0.5, 0.6) is 0 Å². The number of Topliss-reactive ketones (excluding diaryl/α,β-unsaturated/α-hetero) is 1. The standard InChI is InChI=1S/C40H60IN5O6/c1-28(2)22-33(37(48)40(5,51)27-41)44-39(50)35(24-31-14-10-7-11-15-31)45-38(49)34(23-29(3)4)42-25-32(17-16-30-12-8-6-9-13-30)43-36(47)26-46-18-20-52-21-19-46/h6-15,28-29,32-35,42,51H,16-27H2,1-5H3,(H,43,47)(H,44,50)(H,45,49)/t32-,33+,34+,35+,40-/m1/s1. The van der Waals surface area contributed by atoms with E-state index in [1.165, 1.54) is 6.92 Å². The van der Waals surface area contributed by atoms with Gasteiger partial charge in [-0.3, -0.25) is 24.1 Å². The molecule has 5 atom stereocenters. The number of morpholine rings is 1. The van der Waals surface area contributed by atoms with Gasteiger partial charge in [-0.2, -0.15) is 0 Å². The summed E-state index contributed by atoms with van der Waals surface area (Å²) >= 11 is 1.97. The third-order valence-corrected chi connectivity index (χ3v) is 10.6. The SMILES string of the molecule is CC(C)C[C@H](NC[C@@H](CCc1ccccc1)NC(=O)CN1CCOCC1)C(=O)N[C@@H](Cc1ccccc1)C(=O)N[C@@H](CC(C)C)C(=O)[C@](C)(O)CI. The molecule has 2 aromatic rings. The van der Waals surface area contributed by atoms with Crippen LogP contribution in [0.4, 0.5) is 0 Å². The predicted molar refractivity (Wildman–Crippen MR) is 213 cm³/mol. The fourth-order valence-corrected chi connectivity index (χ4v) is 6.61. The molecule has 1 fully saturated rings. The minimum absolute atomic E-state index is 0.0711. The minimum atomic E-state index is -1.60. The molecule has 11 nitrogen and oxygen atoms in total. The lowest BCUT2D eigenvalue weighted by molar-refractivity contribution is -0.139. The topological polar surface area (TPSA) is 149 Å². The summed E-state index contributed by atoms with van der Waals surface area (Å²) in [7, 11) is 0. The molecule has 0 aliphatic carbocycles. The van der Waals surface area contributed by atoms with Crippen molar-refractivity contribution in [2.75, 3.05) is 43.8 Å². The number of aliphatic hydroxyl groups is 1. The first kappa shape index (κ1) is 43.5. The Kier molecular flexibility index (Phi) is 18.7. The summed E-state index contributed by atoms with van der Waals surface area (Å²) in [6.45, 7) is 12.7. The van der Waals surface area contributed by atoms with E-state index in [-0.39, 0.29) is 47.1 Å². The van der Waals surface area contributed by atoms with Crippen molar-refractivity contribution in [3.8, 4) is 0 Å². The number of amides is 3. The summed E-state index contributed by atoms with van der Waals surface area (Å²) in [5.41, 5.74) is 0.411. The molecule has 288 valence electrons. The van der Waals surface area contributed by atoms with Gasteiger partial charge in [0.25, 0.3) is 0 Å². The van der Waals surface area contributed by atoms with Crippen LogP contribution in [0.15, 0.2) is 60.7 Å². The highest BCUT2D eigenvalue weighted by Gasteiger charge is 2.37. The van der Waals surface area contributed by atoms with Crippen LogP contribution in [0.3, 0.4) is 0 Å². The largest absolute Gasteiger partial charge is 0.381 e. The van der Waals surface area contributed by atoms with Gasteiger partial charge in [0.1, 0.15) is 11.6 Å². The van der Waals surface area contributed by atoms with Crippen LogP contribution in [0, 0.1) is 11.8 Å². The normalized spacial score (nSPS) is 17.1. The van der Waals surface area contributed by atoms with Gasteiger partial charge in [0.2, 0.25) is 17.7 Å². The van der Waals surface area contributed by atoms with Crippen molar-refractivity contribution in [1.29, 1.82) is 0 Å². The zero-order chi connectivity index (χ0) is 38.1. The Balaban J connectivity index is 1.79.